The minimum atomic E-state index is -0.789. The predicted octanol–water partition coefficient (Wildman–Crippen LogP) is 4.15. The van der Waals surface area contributed by atoms with E-state index in [0.717, 1.165) is 12.5 Å². The van der Waals surface area contributed by atoms with Crippen LogP contribution in [0.1, 0.15) is 48.5 Å². The van der Waals surface area contributed by atoms with Crippen molar-refractivity contribution in [2.24, 2.45) is 0 Å². The number of halogens is 2. The van der Waals surface area contributed by atoms with Crippen molar-refractivity contribution >= 4 is 35.0 Å². The quantitative estimate of drug-likeness (QED) is 0.397. The lowest BCUT2D eigenvalue weighted by Crippen LogP contribution is -2.19. The molecule has 5 nitrogen and oxygen atoms in total. The smallest absolute Gasteiger partial charge is 0.342 e. The van der Waals surface area contributed by atoms with E-state index in [1.165, 1.54) is 0 Å². The number of hydrogen-bond donors (Lipinski definition) is 2. The molecule has 2 N–H and O–H groups in total. The highest BCUT2D eigenvalue weighted by molar-refractivity contribution is 6.33. The van der Waals surface area contributed by atoms with Gasteiger partial charge in [0.2, 0.25) is 0 Å². The highest BCUT2D eigenvalue weighted by atomic mass is 35.5. The highest BCUT2D eigenvalue weighted by Crippen LogP contribution is 2.37. The molecule has 1 unspecified atom stereocenters. The van der Waals surface area contributed by atoms with Gasteiger partial charge in [0.15, 0.2) is 0 Å². The second-order valence-corrected chi connectivity index (χ2v) is 7.09. The van der Waals surface area contributed by atoms with Crippen LogP contribution in [0.25, 0.3) is 0 Å². The van der Waals surface area contributed by atoms with Gasteiger partial charge in [-0.1, -0.05) is 23.8 Å². The molecule has 0 aliphatic carbocycles. The molecule has 0 saturated carbocycles. The van der Waals surface area contributed by atoms with Crippen LogP contribution in [0.4, 0.5) is 0 Å². The molecule has 25 heavy (non-hydrogen) atoms. The monoisotopic (exact) mass is 386 g/mol. The van der Waals surface area contributed by atoms with E-state index < -0.39 is 23.6 Å². The number of allylic oxidation sites excluding steroid dienone is 1. The molecule has 2 atom stereocenters. The molecule has 7 heteroatoms. The van der Waals surface area contributed by atoms with Gasteiger partial charge in [0.05, 0.1) is 5.02 Å². The Hall–Kier alpha value is -1.72. The van der Waals surface area contributed by atoms with Gasteiger partial charge < -0.3 is 14.9 Å². The topological polar surface area (TPSA) is 83.8 Å². The molecule has 1 aliphatic rings. The molecule has 0 saturated heterocycles. The number of Topliss-reactive ketones (excluding diaryl/α,β-unsaturated/α-hetero) is 1. The summed E-state index contributed by atoms with van der Waals surface area (Å²) in [7, 11) is 0. The van der Waals surface area contributed by atoms with Crippen molar-refractivity contribution in [2.45, 2.75) is 50.5 Å². The lowest BCUT2D eigenvalue weighted by Gasteiger charge is -2.17. The maximum Gasteiger partial charge on any atom is 0.342 e. The molecular weight excluding hydrogens is 367 g/mol. The van der Waals surface area contributed by atoms with Crippen LogP contribution in [-0.4, -0.2) is 33.4 Å². The van der Waals surface area contributed by atoms with E-state index in [4.69, 9.17) is 27.9 Å². The second-order valence-electron chi connectivity index (χ2n) is 6.10. The lowest BCUT2D eigenvalue weighted by atomic mass is 9.97. The van der Waals surface area contributed by atoms with E-state index in [-0.39, 0.29) is 40.2 Å². The first kappa shape index (κ1) is 19.6. The number of cyclic esters (lactones) is 1. The normalized spacial score (nSPS) is 24.1. The summed E-state index contributed by atoms with van der Waals surface area (Å²) in [5.41, 5.74) is -0.145. The molecule has 0 bridgehead atoms. The second kappa shape index (κ2) is 8.59. The first-order chi connectivity index (χ1) is 11.8. The van der Waals surface area contributed by atoms with E-state index in [1.807, 2.05) is 12.2 Å². The number of hydrogen-bond acceptors (Lipinski definition) is 5. The summed E-state index contributed by atoms with van der Waals surface area (Å²) in [5, 5.41) is 19.4. The maximum atomic E-state index is 12.5. The van der Waals surface area contributed by atoms with Crippen LogP contribution in [0.15, 0.2) is 18.2 Å². The van der Waals surface area contributed by atoms with E-state index in [2.05, 4.69) is 0 Å². The minimum Gasteiger partial charge on any atom is -0.507 e. The summed E-state index contributed by atoms with van der Waals surface area (Å²) in [6, 6.07) is 0.963. The number of fused-ring (bicyclic) bond motifs is 1. The number of phenols is 2. The molecule has 0 amide bonds. The van der Waals surface area contributed by atoms with Gasteiger partial charge in [0.1, 0.15) is 28.9 Å². The fourth-order valence-electron chi connectivity index (χ4n) is 2.67. The Kier molecular flexibility index (Phi) is 6.73. The molecule has 0 spiro atoms. The third-order valence-electron chi connectivity index (χ3n) is 3.94. The predicted molar refractivity (Wildman–Crippen MR) is 95.6 cm³/mol. The van der Waals surface area contributed by atoms with Crippen LogP contribution in [0.3, 0.4) is 0 Å². The fourth-order valence-corrected chi connectivity index (χ4v) is 3.18. The van der Waals surface area contributed by atoms with E-state index >= 15 is 0 Å². The summed E-state index contributed by atoms with van der Waals surface area (Å²) < 4.78 is 5.33. The number of aromatic hydroxyl groups is 2. The molecule has 136 valence electrons. The first-order valence-corrected chi connectivity index (χ1v) is 8.86. The fraction of sp³-hybridized carbons (Fsp3) is 0.444. The average molecular weight is 387 g/mol. The maximum absolute atomic E-state index is 12.5. The molecule has 0 radical (unpaired) electrons. The van der Waals surface area contributed by atoms with Gasteiger partial charge in [0.25, 0.3) is 0 Å². The van der Waals surface area contributed by atoms with Crippen molar-refractivity contribution in [3.05, 3.63) is 34.4 Å². The number of carbonyl (C=O) groups is 2. The summed E-state index contributed by atoms with van der Waals surface area (Å²) in [6.45, 7) is 1.72. The Morgan fingerprint density at radius 1 is 1.20 bits per heavy atom. The SMILES string of the molecule is C[C@@H]1C/C=C/CCC(Cl)CC(=O)Cc2c(Cl)c(O)cc(O)c2C(=O)O1. The third kappa shape index (κ3) is 5.13. The van der Waals surface area contributed by atoms with Gasteiger partial charge in [0, 0.05) is 36.3 Å². The number of carbonyl (C=O) groups excluding carboxylic acids is 2. The number of benzene rings is 1. The molecule has 1 aromatic rings. The molecule has 0 aromatic heterocycles. The van der Waals surface area contributed by atoms with Crippen molar-refractivity contribution in [2.75, 3.05) is 0 Å². The first-order valence-electron chi connectivity index (χ1n) is 8.04. The molecule has 1 aliphatic heterocycles. The van der Waals surface area contributed by atoms with Crippen LogP contribution in [-0.2, 0) is 16.0 Å². The number of rotatable bonds is 0. The van der Waals surface area contributed by atoms with Crippen LogP contribution in [0, 0.1) is 0 Å². The highest BCUT2D eigenvalue weighted by Gasteiger charge is 2.26. The Labute approximate surface area is 156 Å². The zero-order chi connectivity index (χ0) is 18.6. The Bertz CT molecular complexity index is 699. The van der Waals surface area contributed by atoms with Gasteiger partial charge in [-0.05, 0) is 19.8 Å². The number of alkyl halides is 1. The Balaban J connectivity index is 2.45. The van der Waals surface area contributed by atoms with Crippen LogP contribution in [0.2, 0.25) is 5.02 Å². The van der Waals surface area contributed by atoms with E-state index in [0.29, 0.717) is 12.8 Å². The van der Waals surface area contributed by atoms with Crippen molar-refractivity contribution < 1.29 is 24.5 Å². The zero-order valence-corrected chi connectivity index (χ0v) is 15.3. The van der Waals surface area contributed by atoms with Gasteiger partial charge >= 0.3 is 5.97 Å². The summed E-state index contributed by atoms with van der Waals surface area (Å²) in [4.78, 5) is 24.8. The summed E-state index contributed by atoms with van der Waals surface area (Å²) in [6.07, 6.45) is 5.17. The number of ketones is 1. The van der Waals surface area contributed by atoms with Crippen molar-refractivity contribution in [1.82, 2.24) is 0 Å². The minimum absolute atomic E-state index is 0.0536. The van der Waals surface area contributed by atoms with Crippen LogP contribution >= 0.6 is 23.2 Å². The zero-order valence-electron chi connectivity index (χ0n) is 13.8. The largest absolute Gasteiger partial charge is 0.507 e. The molecular formula is C18H20Cl2O5. The third-order valence-corrected chi connectivity index (χ3v) is 4.73. The number of phenolic OH excluding ortho intramolecular Hbond substituents is 2. The van der Waals surface area contributed by atoms with Gasteiger partial charge in [-0.3, -0.25) is 4.79 Å². The number of esters is 1. The number of ether oxygens (including phenoxy) is 1. The average Bonchev–Trinajstić information content (AvgIpc) is 2.50. The lowest BCUT2D eigenvalue weighted by molar-refractivity contribution is -0.118. The van der Waals surface area contributed by atoms with Crippen LogP contribution in [0.5, 0.6) is 11.5 Å². The Morgan fingerprint density at radius 3 is 2.64 bits per heavy atom. The van der Waals surface area contributed by atoms with Crippen molar-refractivity contribution in [3.8, 4) is 11.5 Å². The summed E-state index contributed by atoms with van der Waals surface area (Å²) in [5.74, 6) is -1.91. The van der Waals surface area contributed by atoms with E-state index in [1.54, 1.807) is 6.92 Å². The molecule has 1 aromatic carbocycles. The van der Waals surface area contributed by atoms with Crippen molar-refractivity contribution in [3.63, 3.8) is 0 Å². The Morgan fingerprint density at radius 2 is 1.92 bits per heavy atom. The van der Waals surface area contributed by atoms with E-state index in [9.17, 15) is 19.8 Å². The molecule has 2 rings (SSSR count). The van der Waals surface area contributed by atoms with Crippen LogP contribution < -0.4 is 0 Å². The standard InChI is InChI=1S/C18H20Cl2O5/c1-10-5-3-2-4-6-11(19)7-12(21)8-13-16(18(24)25-10)14(22)9-15(23)17(13)20/h2-3,9-11,22-23H,4-8H2,1H3/b3-2+/t10-,11?/m1/s1. The van der Waals surface area contributed by atoms with Crippen molar-refractivity contribution in [1.29, 1.82) is 0 Å². The van der Waals surface area contributed by atoms with Gasteiger partial charge in [-0.15, -0.1) is 11.6 Å². The summed E-state index contributed by atoms with van der Waals surface area (Å²) >= 11 is 12.3. The van der Waals surface area contributed by atoms with Gasteiger partial charge in [-0.25, -0.2) is 4.79 Å². The molecule has 1 heterocycles. The van der Waals surface area contributed by atoms with Gasteiger partial charge in [-0.2, -0.15) is 0 Å². The molecule has 0 fully saturated rings.